The molecule has 2 aromatic rings. The minimum atomic E-state index is 0.335. The van der Waals surface area contributed by atoms with E-state index >= 15 is 0 Å². The number of allylic oxidation sites excluding steroid dienone is 4. The Labute approximate surface area is 173 Å². The SMILES string of the molecule is C1=CC2Sc3ccccc3NC2C=C1C1=CC2Nc3ccccc3SC2C=C1. The third-order valence-corrected chi connectivity index (χ3v) is 8.30. The Morgan fingerprint density at radius 1 is 0.607 bits per heavy atom. The first-order valence-electron chi connectivity index (χ1n) is 9.68. The van der Waals surface area contributed by atoms with Crippen molar-refractivity contribution in [3.63, 3.8) is 0 Å². The Hall–Kier alpha value is -2.30. The van der Waals surface area contributed by atoms with Crippen LogP contribution in [0.15, 0.2) is 106 Å². The summed E-state index contributed by atoms with van der Waals surface area (Å²) < 4.78 is 0. The summed E-state index contributed by atoms with van der Waals surface area (Å²) in [4.78, 5) is 2.68. The van der Waals surface area contributed by atoms with Gasteiger partial charge < -0.3 is 10.6 Å². The zero-order chi connectivity index (χ0) is 18.5. The van der Waals surface area contributed by atoms with Crippen molar-refractivity contribution in [2.75, 3.05) is 10.6 Å². The van der Waals surface area contributed by atoms with E-state index in [9.17, 15) is 0 Å². The molecule has 0 radical (unpaired) electrons. The van der Waals surface area contributed by atoms with Crippen molar-refractivity contribution in [1.29, 1.82) is 0 Å². The molecule has 2 aliphatic carbocycles. The van der Waals surface area contributed by atoms with E-state index in [4.69, 9.17) is 0 Å². The van der Waals surface area contributed by atoms with Gasteiger partial charge in [0.05, 0.1) is 22.6 Å². The fraction of sp³-hybridized carbons (Fsp3) is 0.167. The van der Waals surface area contributed by atoms with Crippen LogP contribution in [0.25, 0.3) is 0 Å². The van der Waals surface area contributed by atoms with E-state index in [1.807, 2.05) is 23.5 Å². The highest BCUT2D eigenvalue weighted by atomic mass is 32.2. The van der Waals surface area contributed by atoms with Gasteiger partial charge in [-0.05, 0) is 35.4 Å². The Balaban J connectivity index is 1.28. The maximum absolute atomic E-state index is 3.72. The Bertz CT molecular complexity index is 980. The molecule has 0 spiro atoms. The number of hydrogen-bond donors (Lipinski definition) is 2. The second-order valence-electron chi connectivity index (χ2n) is 7.46. The summed E-state index contributed by atoms with van der Waals surface area (Å²) in [5, 5.41) is 8.34. The van der Waals surface area contributed by atoms with Crippen LogP contribution in [-0.4, -0.2) is 22.6 Å². The zero-order valence-electron chi connectivity index (χ0n) is 15.2. The van der Waals surface area contributed by atoms with Crippen molar-refractivity contribution >= 4 is 34.9 Å². The van der Waals surface area contributed by atoms with Crippen LogP contribution in [0.3, 0.4) is 0 Å². The van der Waals surface area contributed by atoms with E-state index in [2.05, 4.69) is 95.6 Å². The van der Waals surface area contributed by atoms with Gasteiger partial charge in [0.25, 0.3) is 0 Å². The number of thioether (sulfide) groups is 2. The van der Waals surface area contributed by atoms with Gasteiger partial charge in [-0.15, -0.1) is 23.5 Å². The van der Waals surface area contributed by atoms with Gasteiger partial charge in [0.2, 0.25) is 0 Å². The van der Waals surface area contributed by atoms with Crippen LogP contribution in [-0.2, 0) is 0 Å². The molecule has 4 atom stereocenters. The fourth-order valence-electron chi connectivity index (χ4n) is 4.21. The highest BCUT2D eigenvalue weighted by Crippen LogP contribution is 2.43. The van der Waals surface area contributed by atoms with Gasteiger partial charge in [0, 0.05) is 21.2 Å². The van der Waals surface area contributed by atoms with Crippen molar-refractivity contribution in [3.8, 4) is 0 Å². The number of benzene rings is 2. The molecule has 0 amide bonds. The molecule has 0 saturated carbocycles. The van der Waals surface area contributed by atoms with Crippen LogP contribution < -0.4 is 10.6 Å². The molecule has 4 heteroatoms. The number of nitrogens with one attached hydrogen (secondary N) is 2. The van der Waals surface area contributed by atoms with E-state index < -0.39 is 0 Å². The van der Waals surface area contributed by atoms with Crippen LogP contribution in [0.4, 0.5) is 11.4 Å². The monoisotopic (exact) mass is 400 g/mol. The molecule has 2 nitrogen and oxygen atoms in total. The molecular formula is C24H20N2S2. The molecule has 0 fully saturated rings. The highest BCUT2D eigenvalue weighted by molar-refractivity contribution is 8.00. The predicted octanol–water partition coefficient (Wildman–Crippen LogP) is 5.89. The molecule has 4 aliphatic rings. The highest BCUT2D eigenvalue weighted by Gasteiger charge is 2.31. The van der Waals surface area contributed by atoms with Crippen LogP contribution >= 0.6 is 23.5 Å². The molecule has 0 bridgehead atoms. The average molecular weight is 401 g/mol. The Morgan fingerprint density at radius 3 is 1.57 bits per heavy atom. The molecule has 2 aromatic carbocycles. The molecule has 2 aliphatic heterocycles. The molecule has 0 aromatic heterocycles. The van der Waals surface area contributed by atoms with Crippen molar-refractivity contribution in [2.45, 2.75) is 32.4 Å². The third-order valence-electron chi connectivity index (χ3n) is 5.63. The van der Waals surface area contributed by atoms with Crippen molar-refractivity contribution in [3.05, 3.63) is 96.1 Å². The summed E-state index contributed by atoms with van der Waals surface area (Å²) in [6.07, 6.45) is 14.1. The van der Waals surface area contributed by atoms with Gasteiger partial charge >= 0.3 is 0 Å². The molecule has 4 unspecified atom stereocenters. The first-order chi connectivity index (χ1) is 13.8. The fourth-order valence-corrected chi connectivity index (χ4v) is 6.52. The second kappa shape index (κ2) is 6.64. The summed E-state index contributed by atoms with van der Waals surface area (Å²) in [5.41, 5.74) is 5.12. The topological polar surface area (TPSA) is 24.1 Å². The number of rotatable bonds is 1. The maximum Gasteiger partial charge on any atom is 0.0611 e. The smallest absolute Gasteiger partial charge is 0.0611 e. The van der Waals surface area contributed by atoms with Gasteiger partial charge in [-0.1, -0.05) is 60.7 Å². The molecule has 138 valence electrons. The Morgan fingerprint density at radius 2 is 1.07 bits per heavy atom. The first kappa shape index (κ1) is 16.6. The van der Waals surface area contributed by atoms with Gasteiger partial charge in [-0.2, -0.15) is 0 Å². The number of hydrogen-bond acceptors (Lipinski definition) is 4. The van der Waals surface area contributed by atoms with Gasteiger partial charge in [-0.3, -0.25) is 0 Å². The molecule has 2 heterocycles. The van der Waals surface area contributed by atoms with Gasteiger partial charge in [0.1, 0.15) is 0 Å². The lowest BCUT2D eigenvalue weighted by atomic mass is 9.91. The Kier molecular flexibility index (Phi) is 3.95. The largest absolute Gasteiger partial charge is 0.376 e. The first-order valence-corrected chi connectivity index (χ1v) is 11.4. The van der Waals surface area contributed by atoms with E-state index in [1.165, 1.54) is 32.3 Å². The van der Waals surface area contributed by atoms with Gasteiger partial charge in [0.15, 0.2) is 0 Å². The van der Waals surface area contributed by atoms with E-state index in [0.29, 0.717) is 22.6 Å². The zero-order valence-corrected chi connectivity index (χ0v) is 16.8. The lowest BCUT2D eigenvalue weighted by Gasteiger charge is -2.35. The summed E-state index contributed by atoms with van der Waals surface area (Å²) in [6, 6.07) is 17.9. The standard InChI is InChI=1S/C24H20N2S2/c1-3-7-21-17(5-1)25-19-13-15(9-11-23(19)27-21)16-10-12-24-20(14-16)26-18-6-2-4-8-22(18)28-24/h1-14,19-20,23-26H. The quantitative estimate of drug-likeness (QED) is 0.623. The van der Waals surface area contributed by atoms with Crippen molar-refractivity contribution < 1.29 is 0 Å². The van der Waals surface area contributed by atoms with E-state index in [-0.39, 0.29) is 0 Å². The summed E-state index contributed by atoms with van der Waals surface area (Å²) in [6.45, 7) is 0. The van der Waals surface area contributed by atoms with Crippen LogP contribution in [0.5, 0.6) is 0 Å². The number of fused-ring (bicyclic) bond motifs is 4. The van der Waals surface area contributed by atoms with Gasteiger partial charge in [-0.25, -0.2) is 0 Å². The van der Waals surface area contributed by atoms with E-state index in [1.54, 1.807) is 0 Å². The second-order valence-corrected chi connectivity index (χ2v) is 9.90. The normalized spacial score (nSPS) is 29.1. The molecule has 0 saturated heterocycles. The lowest BCUT2D eigenvalue weighted by Crippen LogP contribution is -2.35. The third kappa shape index (κ3) is 2.83. The average Bonchev–Trinajstić information content (AvgIpc) is 2.75. The minimum absolute atomic E-state index is 0.335. The van der Waals surface area contributed by atoms with Crippen LogP contribution in [0.2, 0.25) is 0 Å². The van der Waals surface area contributed by atoms with Crippen molar-refractivity contribution in [2.24, 2.45) is 0 Å². The van der Waals surface area contributed by atoms with Crippen LogP contribution in [0.1, 0.15) is 0 Å². The lowest BCUT2D eigenvalue weighted by molar-refractivity contribution is 0.857. The van der Waals surface area contributed by atoms with Crippen LogP contribution in [0, 0.1) is 0 Å². The number of para-hydroxylation sites is 2. The number of anilines is 2. The summed E-state index contributed by atoms with van der Waals surface area (Å²) >= 11 is 3.91. The predicted molar refractivity (Wildman–Crippen MR) is 121 cm³/mol. The molecular weight excluding hydrogens is 380 g/mol. The minimum Gasteiger partial charge on any atom is -0.376 e. The molecule has 6 rings (SSSR count). The maximum atomic E-state index is 3.72. The molecule has 28 heavy (non-hydrogen) atoms. The van der Waals surface area contributed by atoms with Crippen molar-refractivity contribution in [1.82, 2.24) is 0 Å². The van der Waals surface area contributed by atoms with E-state index in [0.717, 1.165) is 0 Å². The molecule has 2 N–H and O–H groups in total. The summed E-state index contributed by atoms with van der Waals surface area (Å²) in [5.74, 6) is 0. The summed E-state index contributed by atoms with van der Waals surface area (Å²) in [7, 11) is 0.